The van der Waals surface area contributed by atoms with Gasteiger partial charge in [0, 0.05) is 5.56 Å². The number of benzene rings is 2. The summed E-state index contributed by atoms with van der Waals surface area (Å²) in [5, 5.41) is 2.97. The Hall–Kier alpha value is -2.69. The number of methoxy groups -OCH3 is 2. The second kappa shape index (κ2) is 8.61. The van der Waals surface area contributed by atoms with E-state index in [0.29, 0.717) is 17.2 Å². The minimum Gasteiger partial charge on any atom is -0.497 e. The SMILES string of the molecule is COc1ccc(OC)c([C@H](C)NC(=O)[C@H](C)Oc2cc(C)cc(C)c2)c1. The number of carbonyl (C=O) groups is 1. The Bertz CT molecular complexity index is 752. The number of aryl methyl sites for hydroxylation is 2. The van der Waals surface area contributed by atoms with Crippen molar-refractivity contribution in [1.82, 2.24) is 5.32 Å². The predicted octanol–water partition coefficient (Wildman–Crippen LogP) is 3.97. The summed E-state index contributed by atoms with van der Waals surface area (Å²) in [6.45, 7) is 7.64. The first kappa shape index (κ1) is 19.6. The van der Waals surface area contributed by atoms with E-state index in [1.54, 1.807) is 21.1 Å². The molecule has 0 aromatic heterocycles. The lowest BCUT2D eigenvalue weighted by Crippen LogP contribution is -2.37. The van der Waals surface area contributed by atoms with Crippen LogP contribution >= 0.6 is 0 Å². The van der Waals surface area contributed by atoms with Gasteiger partial charge in [-0.1, -0.05) is 6.07 Å². The van der Waals surface area contributed by atoms with E-state index in [0.717, 1.165) is 16.7 Å². The number of hydrogen-bond acceptors (Lipinski definition) is 4. The lowest BCUT2D eigenvalue weighted by atomic mass is 10.1. The van der Waals surface area contributed by atoms with Crippen molar-refractivity contribution in [1.29, 1.82) is 0 Å². The Morgan fingerprint density at radius 1 is 0.923 bits per heavy atom. The maximum Gasteiger partial charge on any atom is 0.261 e. The van der Waals surface area contributed by atoms with E-state index in [-0.39, 0.29) is 11.9 Å². The largest absolute Gasteiger partial charge is 0.497 e. The van der Waals surface area contributed by atoms with Crippen LogP contribution in [0.25, 0.3) is 0 Å². The number of hydrogen-bond donors (Lipinski definition) is 1. The van der Waals surface area contributed by atoms with E-state index in [9.17, 15) is 4.79 Å². The molecule has 2 rings (SSSR count). The van der Waals surface area contributed by atoms with Crippen molar-refractivity contribution in [3.05, 3.63) is 53.1 Å². The molecule has 0 unspecified atom stereocenters. The Morgan fingerprint density at radius 3 is 2.15 bits per heavy atom. The summed E-state index contributed by atoms with van der Waals surface area (Å²) < 4.78 is 16.5. The Labute approximate surface area is 155 Å². The van der Waals surface area contributed by atoms with Crippen LogP contribution in [0.3, 0.4) is 0 Å². The third-order valence-electron chi connectivity index (χ3n) is 4.14. The fourth-order valence-electron chi connectivity index (χ4n) is 2.84. The molecule has 0 aliphatic carbocycles. The molecule has 5 heteroatoms. The fourth-order valence-corrected chi connectivity index (χ4v) is 2.84. The van der Waals surface area contributed by atoms with Crippen LogP contribution in [-0.4, -0.2) is 26.2 Å². The average molecular weight is 357 g/mol. The van der Waals surface area contributed by atoms with Crippen LogP contribution in [0.5, 0.6) is 17.2 Å². The van der Waals surface area contributed by atoms with Crippen LogP contribution in [0.15, 0.2) is 36.4 Å². The van der Waals surface area contributed by atoms with Crippen molar-refractivity contribution in [2.45, 2.75) is 39.8 Å². The summed E-state index contributed by atoms with van der Waals surface area (Å²) >= 11 is 0. The van der Waals surface area contributed by atoms with Crippen molar-refractivity contribution >= 4 is 5.91 Å². The monoisotopic (exact) mass is 357 g/mol. The summed E-state index contributed by atoms with van der Waals surface area (Å²) in [5.41, 5.74) is 3.04. The van der Waals surface area contributed by atoms with Gasteiger partial charge in [-0.15, -0.1) is 0 Å². The van der Waals surface area contributed by atoms with E-state index >= 15 is 0 Å². The fraction of sp³-hybridized carbons (Fsp3) is 0.381. The lowest BCUT2D eigenvalue weighted by molar-refractivity contribution is -0.127. The molecule has 0 radical (unpaired) electrons. The molecule has 0 heterocycles. The summed E-state index contributed by atoms with van der Waals surface area (Å²) in [6, 6.07) is 11.2. The van der Waals surface area contributed by atoms with Crippen LogP contribution in [0.4, 0.5) is 0 Å². The van der Waals surface area contributed by atoms with E-state index in [1.165, 1.54) is 0 Å². The third kappa shape index (κ3) is 4.91. The number of nitrogens with one attached hydrogen (secondary N) is 1. The van der Waals surface area contributed by atoms with Crippen LogP contribution in [0.1, 0.15) is 36.6 Å². The predicted molar refractivity (Wildman–Crippen MR) is 102 cm³/mol. The van der Waals surface area contributed by atoms with Crippen LogP contribution in [0.2, 0.25) is 0 Å². The van der Waals surface area contributed by atoms with Crippen molar-refractivity contribution in [2.24, 2.45) is 0 Å². The molecule has 0 aliphatic heterocycles. The maximum atomic E-state index is 12.5. The normalized spacial score (nSPS) is 12.8. The summed E-state index contributed by atoms with van der Waals surface area (Å²) in [6.07, 6.45) is -0.616. The highest BCUT2D eigenvalue weighted by atomic mass is 16.5. The quantitative estimate of drug-likeness (QED) is 0.815. The minimum atomic E-state index is -0.616. The molecule has 2 aromatic rings. The highest BCUT2D eigenvalue weighted by Crippen LogP contribution is 2.29. The smallest absolute Gasteiger partial charge is 0.261 e. The van der Waals surface area contributed by atoms with Crippen LogP contribution in [-0.2, 0) is 4.79 Å². The summed E-state index contributed by atoms with van der Waals surface area (Å²) in [7, 11) is 3.21. The number of ether oxygens (including phenoxy) is 3. The second-order valence-electron chi connectivity index (χ2n) is 6.42. The molecule has 1 N–H and O–H groups in total. The van der Waals surface area contributed by atoms with Crippen LogP contribution in [0, 0.1) is 13.8 Å². The van der Waals surface area contributed by atoms with Gasteiger partial charge >= 0.3 is 0 Å². The Balaban J connectivity index is 2.08. The highest BCUT2D eigenvalue weighted by Gasteiger charge is 2.20. The topological polar surface area (TPSA) is 56.8 Å². The van der Waals surface area contributed by atoms with Gasteiger partial charge in [-0.25, -0.2) is 0 Å². The summed E-state index contributed by atoms with van der Waals surface area (Å²) in [4.78, 5) is 12.5. The zero-order valence-electron chi connectivity index (χ0n) is 16.3. The zero-order chi connectivity index (χ0) is 19.3. The molecule has 2 aromatic carbocycles. The van der Waals surface area contributed by atoms with Crippen LogP contribution < -0.4 is 19.5 Å². The first-order valence-electron chi connectivity index (χ1n) is 8.61. The van der Waals surface area contributed by atoms with E-state index in [1.807, 2.05) is 51.1 Å². The molecule has 26 heavy (non-hydrogen) atoms. The van der Waals surface area contributed by atoms with Crippen molar-refractivity contribution in [2.75, 3.05) is 14.2 Å². The molecule has 0 spiro atoms. The molecule has 2 atom stereocenters. The second-order valence-corrected chi connectivity index (χ2v) is 6.42. The van der Waals surface area contributed by atoms with Gasteiger partial charge in [0.25, 0.3) is 5.91 Å². The Kier molecular flexibility index (Phi) is 6.50. The minimum absolute atomic E-state index is 0.193. The first-order chi connectivity index (χ1) is 12.3. The number of carbonyl (C=O) groups excluding carboxylic acids is 1. The van der Waals surface area contributed by atoms with Gasteiger partial charge in [0.15, 0.2) is 6.10 Å². The number of amides is 1. The standard InChI is InChI=1S/C21H27NO4/c1-13-9-14(2)11-18(10-13)26-16(4)21(23)22-15(3)19-12-17(24-5)7-8-20(19)25-6/h7-12,15-16H,1-6H3,(H,22,23)/t15-,16-/m0/s1. The maximum absolute atomic E-state index is 12.5. The molecule has 0 aliphatic rings. The van der Waals surface area contributed by atoms with E-state index in [2.05, 4.69) is 11.4 Å². The molecule has 0 saturated heterocycles. The molecule has 0 fully saturated rings. The van der Waals surface area contributed by atoms with E-state index < -0.39 is 6.10 Å². The average Bonchev–Trinajstić information content (AvgIpc) is 2.59. The van der Waals surface area contributed by atoms with Gasteiger partial charge in [-0.2, -0.15) is 0 Å². The van der Waals surface area contributed by atoms with Crippen molar-refractivity contribution in [3.63, 3.8) is 0 Å². The highest BCUT2D eigenvalue weighted by molar-refractivity contribution is 5.81. The molecule has 1 amide bonds. The van der Waals surface area contributed by atoms with Gasteiger partial charge < -0.3 is 19.5 Å². The molecular weight excluding hydrogens is 330 g/mol. The number of rotatable bonds is 7. The molecule has 0 saturated carbocycles. The third-order valence-corrected chi connectivity index (χ3v) is 4.14. The molecule has 140 valence electrons. The van der Waals surface area contributed by atoms with Gasteiger partial charge in [0.2, 0.25) is 0 Å². The zero-order valence-corrected chi connectivity index (χ0v) is 16.3. The van der Waals surface area contributed by atoms with Gasteiger partial charge in [0.1, 0.15) is 17.2 Å². The van der Waals surface area contributed by atoms with Gasteiger partial charge in [-0.3, -0.25) is 4.79 Å². The Morgan fingerprint density at radius 2 is 1.58 bits per heavy atom. The van der Waals surface area contributed by atoms with Gasteiger partial charge in [-0.05, 0) is 69.2 Å². The first-order valence-corrected chi connectivity index (χ1v) is 8.61. The lowest BCUT2D eigenvalue weighted by Gasteiger charge is -2.21. The van der Waals surface area contributed by atoms with Gasteiger partial charge in [0.05, 0.1) is 20.3 Å². The molecule has 0 bridgehead atoms. The van der Waals surface area contributed by atoms with Crippen molar-refractivity contribution in [3.8, 4) is 17.2 Å². The van der Waals surface area contributed by atoms with E-state index in [4.69, 9.17) is 14.2 Å². The molecular formula is C21H27NO4. The molecule has 5 nitrogen and oxygen atoms in total. The summed E-state index contributed by atoms with van der Waals surface area (Å²) in [5.74, 6) is 1.90. The van der Waals surface area contributed by atoms with Crippen molar-refractivity contribution < 1.29 is 19.0 Å².